The van der Waals surface area contributed by atoms with Gasteiger partial charge in [0.1, 0.15) is 5.75 Å². The minimum atomic E-state index is -0.231. The Morgan fingerprint density at radius 1 is 1.23 bits per heavy atom. The van der Waals surface area contributed by atoms with Crippen molar-refractivity contribution in [1.29, 1.82) is 0 Å². The standard InChI is InChI=1S/C19H26N4O3/c1-6-23(19(25)11-17-13(2)21-22(4)14(17)3)12-18(24)20-15-7-9-16(26-5)10-8-15/h7-10H,6,11-12H2,1-5H3,(H,20,24). The fraction of sp³-hybridized carbons (Fsp3) is 0.421. The fourth-order valence-corrected chi connectivity index (χ4v) is 2.76. The molecule has 0 aliphatic rings. The Bertz CT molecular complexity index is 781. The molecular weight excluding hydrogens is 332 g/mol. The van der Waals surface area contributed by atoms with Crippen LogP contribution in [0.15, 0.2) is 24.3 Å². The van der Waals surface area contributed by atoms with Crippen molar-refractivity contribution >= 4 is 17.5 Å². The van der Waals surface area contributed by atoms with Crippen molar-refractivity contribution in [2.45, 2.75) is 27.2 Å². The maximum Gasteiger partial charge on any atom is 0.243 e. The summed E-state index contributed by atoms with van der Waals surface area (Å²) in [6.07, 6.45) is 0.245. The zero-order valence-electron chi connectivity index (χ0n) is 16.0. The Morgan fingerprint density at radius 3 is 2.38 bits per heavy atom. The zero-order valence-corrected chi connectivity index (χ0v) is 16.0. The van der Waals surface area contributed by atoms with Crippen LogP contribution in [0.4, 0.5) is 5.69 Å². The number of hydrogen-bond acceptors (Lipinski definition) is 4. The molecule has 0 saturated carbocycles. The van der Waals surface area contributed by atoms with Gasteiger partial charge >= 0.3 is 0 Å². The summed E-state index contributed by atoms with van der Waals surface area (Å²) in [5.74, 6) is 0.400. The highest BCUT2D eigenvalue weighted by atomic mass is 16.5. The van der Waals surface area contributed by atoms with E-state index in [1.54, 1.807) is 41.0 Å². The molecule has 7 nitrogen and oxygen atoms in total. The minimum absolute atomic E-state index is 0.0136. The fourth-order valence-electron chi connectivity index (χ4n) is 2.76. The number of methoxy groups -OCH3 is 1. The number of benzene rings is 1. The molecule has 0 spiro atoms. The number of carbonyl (C=O) groups is 2. The van der Waals surface area contributed by atoms with Crippen molar-refractivity contribution in [1.82, 2.24) is 14.7 Å². The molecule has 0 aliphatic carbocycles. The molecule has 0 unspecified atom stereocenters. The minimum Gasteiger partial charge on any atom is -0.497 e. The van der Waals surface area contributed by atoms with Gasteiger partial charge in [0.05, 0.1) is 25.8 Å². The van der Waals surface area contributed by atoms with Crippen molar-refractivity contribution < 1.29 is 14.3 Å². The number of aryl methyl sites for hydroxylation is 2. The van der Waals surface area contributed by atoms with Gasteiger partial charge in [-0.05, 0) is 45.0 Å². The number of likely N-dealkylation sites (N-methyl/N-ethyl adjacent to an activating group) is 1. The molecule has 1 N–H and O–H groups in total. The molecule has 7 heteroatoms. The van der Waals surface area contributed by atoms with E-state index < -0.39 is 0 Å². The van der Waals surface area contributed by atoms with Gasteiger partial charge in [0.2, 0.25) is 11.8 Å². The number of rotatable bonds is 7. The van der Waals surface area contributed by atoms with Crippen LogP contribution >= 0.6 is 0 Å². The van der Waals surface area contributed by atoms with Crippen LogP contribution in [0, 0.1) is 13.8 Å². The third kappa shape index (κ3) is 4.62. The van der Waals surface area contributed by atoms with Crippen LogP contribution in [-0.4, -0.2) is 46.7 Å². The molecule has 0 saturated heterocycles. The first-order chi connectivity index (χ1) is 12.3. The first-order valence-electron chi connectivity index (χ1n) is 8.56. The number of aromatic nitrogens is 2. The maximum absolute atomic E-state index is 12.6. The second-order valence-electron chi connectivity index (χ2n) is 6.13. The van der Waals surface area contributed by atoms with Crippen molar-refractivity contribution in [3.05, 3.63) is 41.2 Å². The highest BCUT2D eigenvalue weighted by Gasteiger charge is 2.19. The normalized spacial score (nSPS) is 10.5. The SMILES string of the molecule is CCN(CC(=O)Nc1ccc(OC)cc1)C(=O)Cc1c(C)nn(C)c1C. The quantitative estimate of drug-likeness (QED) is 0.822. The van der Waals surface area contributed by atoms with Crippen LogP contribution in [0.25, 0.3) is 0 Å². The van der Waals surface area contributed by atoms with E-state index in [1.807, 2.05) is 27.8 Å². The van der Waals surface area contributed by atoms with Gasteiger partial charge in [0, 0.05) is 30.5 Å². The average Bonchev–Trinajstić information content (AvgIpc) is 2.86. The predicted molar refractivity (Wildman–Crippen MR) is 100 cm³/mol. The molecule has 0 aliphatic heterocycles. The highest BCUT2D eigenvalue weighted by molar-refractivity contribution is 5.94. The number of ether oxygens (including phenoxy) is 1. The van der Waals surface area contributed by atoms with E-state index in [-0.39, 0.29) is 24.8 Å². The topological polar surface area (TPSA) is 76.5 Å². The summed E-state index contributed by atoms with van der Waals surface area (Å²) in [6.45, 7) is 6.17. The molecule has 1 aromatic heterocycles. The van der Waals surface area contributed by atoms with Crippen molar-refractivity contribution in [2.24, 2.45) is 7.05 Å². The van der Waals surface area contributed by atoms with Crippen LogP contribution < -0.4 is 10.1 Å². The molecule has 0 atom stereocenters. The Labute approximate surface area is 153 Å². The number of nitrogens with one attached hydrogen (secondary N) is 1. The number of nitrogens with zero attached hydrogens (tertiary/aromatic N) is 3. The lowest BCUT2D eigenvalue weighted by atomic mass is 10.1. The Morgan fingerprint density at radius 2 is 1.88 bits per heavy atom. The van der Waals surface area contributed by atoms with Crippen LogP contribution in [0.5, 0.6) is 5.75 Å². The van der Waals surface area contributed by atoms with E-state index in [1.165, 1.54) is 0 Å². The van der Waals surface area contributed by atoms with Gasteiger partial charge in [-0.1, -0.05) is 0 Å². The summed E-state index contributed by atoms with van der Waals surface area (Å²) in [6, 6.07) is 7.06. The summed E-state index contributed by atoms with van der Waals surface area (Å²) in [7, 11) is 3.44. The van der Waals surface area contributed by atoms with Gasteiger partial charge in [-0.3, -0.25) is 14.3 Å². The van der Waals surface area contributed by atoms with Gasteiger partial charge in [-0.15, -0.1) is 0 Å². The summed E-state index contributed by atoms with van der Waals surface area (Å²) in [5, 5.41) is 7.13. The third-order valence-electron chi connectivity index (χ3n) is 4.43. The van der Waals surface area contributed by atoms with Crippen molar-refractivity contribution in [3.8, 4) is 5.75 Å². The number of hydrogen-bond donors (Lipinski definition) is 1. The second kappa shape index (κ2) is 8.51. The molecule has 2 amide bonds. The molecule has 2 rings (SSSR count). The van der Waals surface area contributed by atoms with E-state index in [0.717, 1.165) is 22.7 Å². The smallest absolute Gasteiger partial charge is 0.243 e. The van der Waals surface area contributed by atoms with E-state index in [4.69, 9.17) is 4.74 Å². The van der Waals surface area contributed by atoms with Crippen LogP contribution in [-0.2, 0) is 23.1 Å². The molecule has 0 fully saturated rings. The van der Waals surface area contributed by atoms with E-state index in [9.17, 15) is 9.59 Å². The van der Waals surface area contributed by atoms with Gasteiger partial charge in [-0.2, -0.15) is 5.10 Å². The first-order valence-corrected chi connectivity index (χ1v) is 8.56. The Balaban J connectivity index is 1.98. The lowest BCUT2D eigenvalue weighted by molar-refractivity contribution is -0.133. The first kappa shape index (κ1) is 19.5. The monoisotopic (exact) mass is 358 g/mol. The van der Waals surface area contributed by atoms with Gasteiger partial charge in [0.15, 0.2) is 0 Å². The summed E-state index contributed by atoms with van der Waals surface area (Å²) in [4.78, 5) is 26.4. The summed E-state index contributed by atoms with van der Waals surface area (Å²) in [5.41, 5.74) is 3.40. The van der Waals surface area contributed by atoms with E-state index in [0.29, 0.717) is 12.2 Å². The van der Waals surface area contributed by atoms with Crippen molar-refractivity contribution in [2.75, 3.05) is 25.5 Å². The molecule has 140 valence electrons. The van der Waals surface area contributed by atoms with Gasteiger partial charge in [0.25, 0.3) is 0 Å². The van der Waals surface area contributed by atoms with Crippen LogP contribution in [0.2, 0.25) is 0 Å². The lowest BCUT2D eigenvalue weighted by Gasteiger charge is -2.20. The molecular formula is C19H26N4O3. The predicted octanol–water partition coefficient (Wildman–Crippen LogP) is 2.08. The van der Waals surface area contributed by atoms with Gasteiger partial charge < -0.3 is 15.0 Å². The molecule has 2 aromatic rings. The zero-order chi connectivity index (χ0) is 19.3. The summed E-state index contributed by atoms with van der Waals surface area (Å²) < 4.78 is 6.86. The number of anilines is 1. The van der Waals surface area contributed by atoms with Crippen LogP contribution in [0.3, 0.4) is 0 Å². The lowest BCUT2D eigenvalue weighted by Crippen LogP contribution is -2.38. The average molecular weight is 358 g/mol. The van der Waals surface area contributed by atoms with E-state index >= 15 is 0 Å². The highest BCUT2D eigenvalue weighted by Crippen LogP contribution is 2.16. The number of amides is 2. The third-order valence-corrected chi connectivity index (χ3v) is 4.43. The molecule has 26 heavy (non-hydrogen) atoms. The number of carbonyl (C=O) groups excluding carboxylic acids is 2. The maximum atomic E-state index is 12.6. The van der Waals surface area contributed by atoms with Gasteiger partial charge in [-0.25, -0.2) is 0 Å². The molecule has 0 bridgehead atoms. The summed E-state index contributed by atoms with van der Waals surface area (Å²) >= 11 is 0. The van der Waals surface area contributed by atoms with E-state index in [2.05, 4.69) is 10.4 Å². The molecule has 1 aromatic carbocycles. The molecule has 1 heterocycles. The largest absolute Gasteiger partial charge is 0.497 e. The van der Waals surface area contributed by atoms with Crippen LogP contribution in [0.1, 0.15) is 23.9 Å². The second-order valence-corrected chi connectivity index (χ2v) is 6.13. The Kier molecular flexibility index (Phi) is 6.38. The Hall–Kier alpha value is -2.83. The van der Waals surface area contributed by atoms with Crippen molar-refractivity contribution in [3.63, 3.8) is 0 Å². The molecule has 0 radical (unpaired) electrons.